The highest BCUT2D eigenvalue weighted by Gasteiger charge is 2.33. The number of hydrogen-bond acceptors (Lipinski definition) is 4. The van der Waals surface area contributed by atoms with Crippen LogP contribution in [0.4, 0.5) is 0 Å². The van der Waals surface area contributed by atoms with Crippen molar-refractivity contribution in [2.75, 3.05) is 13.2 Å². The average Bonchev–Trinajstić information content (AvgIpc) is 2.67. The summed E-state index contributed by atoms with van der Waals surface area (Å²) in [5, 5.41) is 0. The molecule has 106 valence electrons. The van der Waals surface area contributed by atoms with E-state index in [0.717, 1.165) is 12.0 Å². The van der Waals surface area contributed by atoms with Crippen LogP contribution in [0.25, 0.3) is 0 Å². The maximum absolute atomic E-state index is 12.0. The third kappa shape index (κ3) is 3.78. The van der Waals surface area contributed by atoms with E-state index < -0.39 is 10.1 Å². The van der Waals surface area contributed by atoms with Crippen LogP contribution in [0.5, 0.6) is 0 Å². The SMILES string of the molecule is Cc1ccc(S(=O)(=O)OCC2COC(C)(C)C2)cc1. The molecule has 0 saturated carbocycles. The van der Waals surface area contributed by atoms with Crippen LogP contribution in [-0.4, -0.2) is 27.2 Å². The van der Waals surface area contributed by atoms with Crippen LogP contribution >= 0.6 is 0 Å². The molecule has 1 fully saturated rings. The third-order valence-corrected chi connectivity index (χ3v) is 4.55. The van der Waals surface area contributed by atoms with Crippen LogP contribution in [0, 0.1) is 12.8 Å². The smallest absolute Gasteiger partial charge is 0.296 e. The monoisotopic (exact) mass is 284 g/mol. The van der Waals surface area contributed by atoms with Crippen LogP contribution in [0.2, 0.25) is 0 Å². The Balaban J connectivity index is 1.97. The summed E-state index contributed by atoms with van der Waals surface area (Å²) in [6, 6.07) is 6.66. The first kappa shape index (κ1) is 14.5. The van der Waals surface area contributed by atoms with Crippen molar-refractivity contribution >= 4 is 10.1 Å². The van der Waals surface area contributed by atoms with Crippen molar-refractivity contribution in [2.24, 2.45) is 5.92 Å². The minimum Gasteiger partial charge on any atom is -0.375 e. The normalized spacial score (nSPS) is 22.6. The molecular weight excluding hydrogens is 264 g/mol. The van der Waals surface area contributed by atoms with E-state index in [1.165, 1.54) is 0 Å². The van der Waals surface area contributed by atoms with Gasteiger partial charge in [-0.2, -0.15) is 8.42 Å². The van der Waals surface area contributed by atoms with Gasteiger partial charge < -0.3 is 4.74 Å². The molecule has 4 nitrogen and oxygen atoms in total. The molecule has 0 amide bonds. The second kappa shape index (κ2) is 5.23. The quantitative estimate of drug-likeness (QED) is 0.797. The van der Waals surface area contributed by atoms with Gasteiger partial charge in [0.05, 0.1) is 23.7 Å². The highest BCUT2D eigenvalue weighted by molar-refractivity contribution is 7.86. The summed E-state index contributed by atoms with van der Waals surface area (Å²) >= 11 is 0. The molecule has 1 aromatic rings. The molecule has 1 aliphatic rings. The van der Waals surface area contributed by atoms with Gasteiger partial charge in [-0.25, -0.2) is 0 Å². The number of rotatable bonds is 4. The van der Waals surface area contributed by atoms with Gasteiger partial charge in [0.25, 0.3) is 10.1 Å². The topological polar surface area (TPSA) is 52.6 Å². The molecule has 1 aromatic carbocycles. The summed E-state index contributed by atoms with van der Waals surface area (Å²) < 4.78 is 34.7. The van der Waals surface area contributed by atoms with E-state index in [1.807, 2.05) is 20.8 Å². The highest BCUT2D eigenvalue weighted by Crippen LogP contribution is 2.29. The molecule has 1 atom stereocenters. The zero-order chi connectivity index (χ0) is 14.1. The first-order chi connectivity index (χ1) is 8.78. The Morgan fingerprint density at radius 3 is 2.47 bits per heavy atom. The molecule has 1 aliphatic heterocycles. The summed E-state index contributed by atoms with van der Waals surface area (Å²) in [6.45, 7) is 6.65. The lowest BCUT2D eigenvalue weighted by molar-refractivity contribution is 0.0342. The van der Waals surface area contributed by atoms with Crippen molar-refractivity contribution in [1.82, 2.24) is 0 Å². The molecule has 0 bridgehead atoms. The second-order valence-electron chi connectivity index (χ2n) is 5.69. The minimum absolute atomic E-state index is 0.134. The molecule has 0 aliphatic carbocycles. The Kier molecular flexibility index (Phi) is 3.99. The number of benzene rings is 1. The van der Waals surface area contributed by atoms with Crippen LogP contribution in [0.15, 0.2) is 29.2 Å². The molecule has 0 N–H and O–H groups in total. The maximum atomic E-state index is 12.0. The van der Waals surface area contributed by atoms with Crippen molar-refractivity contribution in [2.45, 2.75) is 37.7 Å². The van der Waals surface area contributed by atoms with Crippen molar-refractivity contribution in [1.29, 1.82) is 0 Å². The number of aryl methyl sites for hydroxylation is 1. The Bertz CT molecular complexity index is 531. The summed E-state index contributed by atoms with van der Waals surface area (Å²) in [5.74, 6) is 0.134. The van der Waals surface area contributed by atoms with Gasteiger partial charge in [-0.1, -0.05) is 17.7 Å². The third-order valence-electron chi connectivity index (χ3n) is 3.26. The van der Waals surface area contributed by atoms with E-state index >= 15 is 0 Å². The molecule has 1 unspecified atom stereocenters. The molecule has 0 spiro atoms. The fourth-order valence-corrected chi connectivity index (χ4v) is 3.20. The van der Waals surface area contributed by atoms with E-state index in [1.54, 1.807) is 24.3 Å². The summed E-state index contributed by atoms with van der Waals surface area (Å²) in [7, 11) is -3.66. The molecule has 2 rings (SSSR count). The lowest BCUT2D eigenvalue weighted by atomic mass is 9.99. The van der Waals surface area contributed by atoms with E-state index in [2.05, 4.69) is 0 Å². The van der Waals surface area contributed by atoms with Gasteiger partial charge in [0.1, 0.15) is 0 Å². The standard InChI is InChI=1S/C14H20O4S/c1-11-4-6-13(7-5-11)19(15,16)18-10-12-8-14(2,3)17-9-12/h4-7,12H,8-10H2,1-3H3. The second-order valence-corrected chi connectivity index (χ2v) is 7.31. The molecular formula is C14H20O4S. The Morgan fingerprint density at radius 2 is 1.95 bits per heavy atom. The molecule has 1 heterocycles. The van der Waals surface area contributed by atoms with Crippen LogP contribution in [-0.2, 0) is 19.0 Å². The van der Waals surface area contributed by atoms with E-state index in [9.17, 15) is 8.42 Å². The van der Waals surface area contributed by atoms with Gasteiger partial charge in [0.2, 0.25) is 0 Å². The number of hydrogen-bond donors (Lipinski definition) is 0. The van der Waals surface area contributed by atoms with E-state index in [0.29, 0.717) is 6.61 Å². The largest absolute Gasteiger partial charge is 0.375 e. The first-order valence-corrected chi connectivity index (χ1v) is 7.79. The van der Waals surface area contributed by atoms with Crippen molar-refractivity contribution in [3.05, 3.63) is 29.8 Å². The van der Waals surface area contributed by atoms with Gasteiger partial charge in [0.15, 0.2) is 0 Å². The van der Waals surface area contributed by atoms with Crippen molar-refractivity contribution < 1.29 is 17.3 Å². The maximum Gasteiger partial charge on any atom is 0.296 e. The van der Waals surface area contributed by atoms with Crippen LogP contribution < -0.4 is 0 Å². The molecule has 0 radical (unpaired) electrons. The fourth-order valence-electron chi connectivity index (χ4n) is 2.22. The van der Waals surface area contributed by atoms with Crippen LogP contribution in [0.3, 0.4) is 0 Å². The molecule has 5 heteroatoms. The minimum atomic E-state index is -3.66. The van der Waals surface area contributed by atoms with Gasteiger partial charge >= 0.3 is 0 Å². The zero-order valence-electron chi connectivity index (χ0n) is 11.5. The Hall–Kier alpha value is -0.910. The van der Waals surface area contributed by atoms with Crippen LogP contribution in [0.1, 0.15) is 25.8 Å². The highest BCUT2D eigenvalue weighted by atomic mass is 32.2. The van der Waals surface area contributed by atoms with Gasteiger partial charge in [-0.3, -0.25) is 4.18 Å². The average molecular weight is 284 g/mol. The number of ether oxygens (including phenoxy) is 1. The first-order valence-electron chi connectivity index (χ1n) is 6.39. The molecule has 0 aromatic heterocycles. The molecule has 1 saturated heterocycles. The fraction of sp³-hybridized carbons (Fsp3) is 0.571. The van der Waals surface area contributed by atoms with Gasteiger partial charge in [0, 0.05) is 5.92 Å². The Labute approximate surface area is 114 Å². The van der Waals surface area contributed by atoms with Gasteiger partial charge in [-0.05, 0) is 39.3 Å². The zero-order valence-corrected chi connectivity index (χ0v) is 12.4. The lowest BCUT2D eigenvalue weighted by Gasteiger charge is -2.15. The Morgan fingerprint density at radius 1 is 1.32 bits per heavy atom. The van der Waals surface area contributed by atoms with Crippen molar-refractivity contribution in [3.8, 4) is 0 Å². The van der Waals surface area contributed by atoms with E-state index in [-0.39, 0.29) is 23.0 Å². The predicted molar refractivity (Wildman–Crippen MR) is 72.5 cm³/mol. The predicted octanol–water partition coefficient (Wildman–Crippen LogP) is 2.52. The molecule has 19 heavy (non-hydrogen) atoms. The van der Waals surface area contributed by atoms with Gasteiger partial charge in [-0.15, -0.1) is 0 Å². The summed E-state index contributed by atoms with van der Waals surface area (Å²) in [4.78, 5) is 0.205. The van der Waals surface area contributed by atoms with E-state index in [4.69, 9.17) is 8.92 Å². The van der Waals surface area contributed by atoms with Crippen molar-refractivity contribution in [3.63, 3.8) is 0 Å². The summed E-state index contributed by atoms with van der Waals surface area (Å²) in [6.07, 6.45) is 0.816. The lowest BCUT2D eigenvalue weighted by Crippen LogP contribution is -2.18. The summed E-state index contributed by atoms with van der Waals surface area (Å²) in [5.41, 5.74) is 0.839.